The maximum atomic E-state index is 12.4. The van der Waals surface area contributed by atoms with Crippen LogP contribution in [0.2, 0.25) is 0 Å². The number of alkyl halides is 3. The quantitative estimate of drug-likeness (QED) is 0.846. The van der Waals surface area contributed by atoms with Gasteiger partial charge in [-0.25, -0.2) is 0 Å². The van der Waals surface area contributed by atoms with E-state index in [1.165, 1.54) is 12.1 Å². The molecule has 0 bridgehead atoms. The zero-order valence-corrected chi connectivity index (χ0v) is 12.2. The molecule has 2 rings (SSSR count). The maximum Gasteiger partial charge on any atom is 0.416 e. The third-order valence-corrected chi connectivity index (χ3v) is 3.05. The molecule has 1 aromatic carbocycles. The van der Waals surface area contributed by atoms with E-state index in [-0.39, 0.29) is 6.10 Å². The number of rotatable bonds is 3. The predicted octanol–water partition coefficient (Wildman–Crippen LogP) is 4.17. The van der Waals surface area contributed by atoms with Gasteiger partial charge in [-0.15, -0.1) is 6.58 Å². The molecule has 0 atom stereocenters. The fourth-order valence-corrected chi connectivity index (χ4v) is 1.97. The highest BCUT2D eigenvalue weighted by Gasteiger charge is 2.29. The summed E-state index contributed by atoms with van der Waals surface area (Å²) in [5, 5.41) is 3.23. The second-order valence-electron chi connectivity index (χ2n) is 4.86. The monoisotopic (exact) mass is 301 g/mol. The van der Waals surface area contributed by atoms with Crippen molar-refractivity contribution in [2.45, 2.75) is 38.7 Å². The summed E-state index contributed by atoms with van der Waals surface area (Å²) < 4.78 is 42.7. The van der Waals surface area contributed by atoms with Crippen LogP contribution in [0.3, 0.4) is 0 Å². The molecule has 1 aromatic rings. The largest absolute Gasteiger partial charge is 0.416 e. The minimum absolute atomic E-state index is 0.216. The van der Waals surface area contributed by atoms with Gasteiger partial charge in [0.2, 0.25) is 0 Å². The number of hydrogen-bond acceptors (Lipinski definition) is 2. The summed E-state index contributed by atoms with van der Waals surface area (Å²) in [4.78, 5) is 0. The Hall–Kier alpha value is -1.33. The van der Waals surface area contributed by atoms with E-state index in [1.54, 1.807) is 6.08 Å². The average Bonchev–Trinajstić information content (AvgIpc) is 2.47. The fourth-order valence-electron chi connectivity index (χ4n) is 1.97. The van der Waals surface area contributed by atoms with Crippen molar-refractivity contribution < 1.29 is 17.9 Å². The van der Waals surface area contributed by atoms with Crippen LogP contribution in [-0.4, -0.2) is 19.2 Å². The van der Waals surface area contributed by atoms with Gasteiger partial charge in [0.15, 0.2) is 0 Å². The molecule has 1 aliphatic rings. The van der Waals surface area contributed by atoms with Gasteiger partial charge in [-0.2, -0.15) is 13.2 Å². The summed E-state index contributed by atoms with van der Waals surface area (Å²) in [6, 6.07) is 5.15. The van der Waals surface area contributed by atoms with E-state index in [0.29, 0.717) is 6.61 Å². The van der Waals surface area contributed by atoms with Crippen LogP contribution < -0.4 is 5.32 Å². The van der Waals surface area contributed by atoms with Crippen molar-refractivity contribution in [2.24, 2.45) is 0 Å². The van der Waals surface area contributed by atoms with Gasteiger partial charge in [0.1, 0.15) is 0 Å². The Labute approximate surface area is 124 Å². The Balaban J connectivity index is 0.000000677. The first kappa shape index (κ1) is 17.7. The van der Waals surface area contributed by atoms with Crippen molar-refractivity contribution in [2.75, 3.05) is 13.1 Å². The molecule has 1 N–H and O–H groups in total. The molecule has 0 radical (unpaired) electrons. The molecule has 0 aliphatic carbocycles. The van der Waals surface area contributed by atoms with Crippen LogP contribution >= 0.6 is 0 Å². The van der Waals surface area contributed by atoms with E-state index >= 15 is 0 Å². The number of piperidine rings is 1. The Bertz CT molecular complexity index is 409. The normalized spacial score (nSPS) is 16.0. The van der Waals surface area contributed by atoms with Crippen LogP contribution in [-0.2, 0) is 17.5 Å². The number of halogens is 3. The zero-order chi connectivity index (χ0) is 15.7. The van der Waals surface area contributed by atoms with Crippen LogP contribution in [0.4, 0.5) is 13.2 Å². The van der Waals surface area contributed by atoms with Crippen molar-refractivity contribution >= 4 is 0 Å². The van der Waals surface area contributed by atoms with Gasteiger partial charge >= 0.3 is 6.18 Å². The first-order valence-electron chi connectivity index (χ1n) is 7.03. The molecule has 0 amide bonds. The lowest BCUT2D eigenvalue weighted by Gasteiger charge is -2.23. The van der Waals surface area contributed by atoms with Gasteiger partial charge in [-0.05, 0) is 50.6 Å². The number of hydrogen-bond donors (Lipinski definition) is 1. The molecule has 1 saturated heterocycles. The van der Waals surface area contributed by atoms with Crippen molar-refractivity contribution in [1.29, 1.82) is 0 Å². The molecular formula is C16H22F3NO. The number of ether oxygens (including phenoxy) is 1. The molecule has 0 spiro atoms. The lowest BCUT2D eigenvalue weighted by atomic mass is 10.1. The molecule has 0 unspecified atom stereocenters. The highest BCUT2D eigenvalue weighted by Crippen LogP contribution is 2.29. The molecule has 118 valence electrons. The van der Waals surface area contributed by atoms with Gasteiger partial charge in [-0.1, -0.05) is 18.2 Å². The van der Waals surface area contributed by atoms with Crippen molar-refractivity contribution in [1.82, 2.24) is 5.32 Å². The summed E-state index contributed by atoms with van der Waals surface area (Å²) in [7, 11) is 0. The molecule has 1 heterocycles. The summed E-state index contributed by atoms with van der Waals surface area (Å²) >= 11 is 0. The summed E-state index contributed by atoms with van der Waals surface area (Å²) in [5.41, 5.74) is 0.162. The molecular weight excluding hydrogens is 279 g/mol. The van der Waals surface area contributed by atoms with Crippen LogP contribution in [0.1, 0.15) is 30.9 Å². The van der Waals surface area contributed by atoms with E-state index in [1.807, 2.05) is 6.92 Å². The Kier molecular flexibility index (Phi) is 7.47. The second kappa shape index (κ2) is 8.85. The molecule has 2 nitrogen and oxygen atoms in total. The Morgan fingerprint density at radius 1 is 1.24 bits per heavy atom. The summed E-state index contributed by atoms with van der Waals surface area (Å²) in [6.07, 6.45) is -0.385. The zero-order valence-electron chi connectivity index (χ0n) is 12.2. The van der Waals surface area contributed by atoms with Crippen molar-refractivity contribution in [3.63, 3.8) is 0 Å². The minimum atomic E-state index is -4.27. The van der Waals surface area contributed by atoms with Gasteiger partial charge in [0, 0.05) is 0 Å². The average molecular weight is 301 g/mol. The molecule has 1 aliphatic heterocycles. The summed E-state index contributed by atoms with van der Waals surface area (Å²) in [5.74, 6) is 0. The SMILES string of the molecule is C=CC.FC(F)(F)c1ccc(COC2CCNCC2)cc1. The highest BCUT2D eigenvalue weighted by molar-refractivity contribution is 5.24. The van der Waals surface area contributed by atoms with E-state index in [4.69, 9.17) is 4.74 Å². The lowest BCUT2D eigenvalue weighted by molar-refractivity contribution is -0.137. The lowest BCUT2D eigenvalue weighted by Crippen LogP contribution is -2.32. The molecule has 5 heteroatoms. The predicted molar refractivity (Wildman–Crippen MR) is 78.0 cm³/mol. The fraction of sp³-hybridized carbons (Fsp3) is 0.500. The number of benzene rings is 1. The maximum absolute atomic E-state index is 12.4. The van der Waals surface area contributed by atoms with Crippen LogP contribution in [0.15, 0.2) is 36.9 Å². The van der Waals surface area contributed by atoms with Crippen LogP contribution in [0, 0.1) is 0 Å². The van der Waals surface area contributed by atoms with Crippen molar-refractivity contribution in [3.8, 4) is 0 Å². The topological polar surface area (TPSA) is 21.3 Å². The first-order chi connectivity index (χ1) is 9.97. The van der Waals surface area contributed by atoms with Gasteiger partial charge < -0.3 is 10.1 Å². The molecule has 0 aromatic heterocycles. The first-order valence-corrected chi connectivity index (χ1v) is 7.03. The van der Waals surface area contributed by atoms with Gasteiger partial charge in [0.05, 0.1) is 18.3 Å². The molecule has 0 saturated carbocycles. The third-order valence-electron chi connectivity index (χ3n) is 3.05. The van der Waals surface area contributed by atoms with Gasteiger partial charge in [-0.3, -0.25) is 0 Å². The molecule has 21 heavy (non-hydrogen) atoms. The minimum Gasteiger partial charge on any atom is -0.373 e. The van der Waals surface area contributed by atoms with Crippen LogP contribution in [0.5, 0.6) is 0 Å². The second-order valence-corrected chi connectivity index (χ2v) is 4.86. The third kappa shape index (κ3) is 6.78. The van der Waals surface area contributed by atoms with E-state index < -0.39 is 11.7 Å². The van der Waals surface area contributed by atoms with E-state index in [0.717, 1.165) is 43.6 Å². The smallest absolute Gasteiger partial charge is 0.373 e. The Morgan fingerprint density at radius 3 is 2.24 bits per heavy atom. The number of allylic oxidation sites excluding steroid dienone is 1. The van der Waals surface area contributed by atoms with E-state index in [9.17, 15) is 13.2 Å². The Morgan fingerprint density at radius 2 is 1.76 bits per heavy atom. The highest BCUT2D eigenvalue weighted by atomic mass is 19.4. The number of nitrogens with one attached hydrogen (secondary N) is 1. The molecule has 1 fully saturated rings. The standard InChI is InChI=1S/C13H16F3NO.C3H6/c14-13(15,16)11-3-1-10(2-4-11)9-18-12-5-7-17-8-6-12;1-3-2/h1-4,12,17H,5-9H2;3H,1H2,2H3. The van der Waals surface area contributed by atoms with E-state index in [2.05, 4.69) is 11.9 Å². The summed E-state index contributed by atoms with van der Waals surface area (Å²) in [6.45, 7) is 7.51. The van der Waals surface area contributed by atoms with Crippen molar-refractivity contribution in [3.05, 3.63) is 48.0 Å². The van der Waals surface area contributed by atoms with Crippen LogP contribution in [0.25, 0.3) is 0 Å². The van der Waals surface area contributed by atoms with Gasteiger partial charge in [0.25, 0.3) is 0 Å².